The third-order valence-electron chi connectivity index (χ3n) is 4.19. The summed E-state index contributed by atoms with van der Waals surface area (Å²) in [6.45, 7) is 2.42. The van der Waals surface area contributed by atoms with Gasteiger partial charge in [-0.2, -0.15) is 0 Å². The van der Waals surface area contributed by atoms with Crippen molar-refractivity contribution in [1.82, 2.24) is 30.2 Å². The van der Waals surface area contributed by atoms with E-state index in [1.54, 1.807) is 24.8 Å². The average Bonchev–Trinajstić information content (AvgIpc) is 3.25. The van der Waals surface area contributed by atoms with E-state index in [4.69, 9.17) is 0 Å². The molecule has 0 aliphatic carbocycles. The molecule has 7 heteroatoms. The van der Waals surface area contributed by atoms with Crippen LogP contribution in [0.2, 0.25) is 0 Å². The molecule has 1 saturated heterocycles. The van der Waals surface area contributed by atoms with Gasteiger partial charge in [-0.05, 0) is 30.7 Å². The molecule has 0 spiro atoms. The summed E-state index contributed by atoms with van der Waals surface area (Å²) in [5, 5.41) is 6.26. The van der Waals surface area contributed by atoms with E-state index in [9.17, 15) is 4.79 Å². The Bertz CT molecular complexity index is 854. The third kappa shape index (κ3) is 2.98. The zero-order chi connectivity index (χ0) is 16.4. The fourth-order valence-electron chi connectivity index (χ4n) is 2.92. The highest BCUT2D eigenvalue weighted by molar-refractivity contribution is 5.96. The van der Waals surface area contributed by atoms with Crippen molar-refractivity contribution in [3.8, 4) is 0 Å². The second-order valence-electron chi connectivity index (χ2n) is 5.96. The minimum absolute atomic E-state index is 0.0973. The first-order valence-electron chi connectivity index (χ1n) is 8.01. The van der Waals surface area contributed by atoms with Crippen molar-refractivity contribution in [3.63, 3.8) is 0 Å². The van der Waals surface area contributed by atoms with Crippen molar-refractivity contribution >= 4 is 17.1 Å². The van der Waals surface area contributed by atoms with Crippen LogP contribution in [0.1, 0.15) is 22.3 Å². The van der Waals surface area contributed by atoms with Crippen LogP contribution >= 0.6 is 0 Å². The summed E-state index contributed by atoms with van der Waals surface area (Å²) in [7, 11) is 0. The van der Waals surface area contributed by atoms with Crippen LogP contribution in [0.3, 0.4) is 0 Å². The summed E-state index contributed by atoms with van der Waals surface area (Å²) in [4.78, 5) is 25.3. The first kappa shape index (κ1) is 14.8. The Kier molecular flexibility index (Phi) is 3.92. The summed E-state index contributed by atoms with van der Waals surface area (Å²) in [6, 6.07) is 5.90. The smallest absolute Gasteiger partial charge is 0.253 e. The van der Waals surface area contributed by atoms with Crippen molar-refractivity contribution in [1.29, 1.82) is 0 Å². The highest BCUT2D eigenvalue weighted by Gasteiger charge is 2.18. The van der Waals surface area contributed by atoms with Gasteiger partial charge >= 0.3 is 0 Å². The lowest BCUT2D eigenvalue weighted by molar-refractivity contribution is 0.0940. The third-order valence-corrected chi connectivity index (χ3v) is 4.19. The lowest BCUT2D eigenvalue weighted by Crippen LogP contribution is -2.36. The molecule has 0 aromatic carbocycles. The van der Waals surface area contributed by atoms with Crippen LogP contribution in [-0.4, -0.2) is 44.6 Å². The van der Waals surface area contributed by atoms with Gasteiger partial charge in [0, 0.05) is 31.2 Å². The maximum Gasteiger partial charge on any atom is 0.253 e. The van der Waals surface area contributed by atoms with Gasteiger partial charge in [0.25, 0.3) is 5.91 Å². The Morgan fingerprint density at radius 1 is 1.38 bits per heavy atom. The van der Waals surface area contributed by atoms with Crippen LogP contribution < -0.4 is 10.6 Å². The number of aromatic nitrogens is 4. The van der Waals surface area contributed by atoms with Crippen molar-refractivity contribution in [2.24, 2.45) is 0 Å². The van der Waals surface area contributed by atoms with E-state index in [1.807, 2.05) is 22.9 Å². The van der Waals surface area contributed by atoms with E-state index in [-0.39, 0.29) is 11.9 Å². The lowest BCUT2D eigenvalue weighted by atomic mass is 10.2. The fourth-order valence-corrected chi connectivity index (χ4v) is 2.92. The number of amides is 1. The number of rotatable bonds is 4. The van der Waals surface area contributed by atoms with Crippen LogP contribution in [0.25, 0.3) is 11.2 Å². The molecule has 4 heterocycles. The normalized spacial score (nSPS) is 17.2. The summed E-state index contributed by atoms with van der Waals surface area (Å²) in [5.41, 5.74) is 3.10. The monoisotopic (exact) mass is 322 g/mol. The molecule has 24 heavy (non-hydrogen) atoms. The quantitative estimate of drug-likeness (QED) is 0.747. The number of pyridine rings is 2. The number of carbonyl (C=O) groups excluding carboxylic acids is 1. The van der Waals surface area contributed by atoms with Gasteiger partial charge in [0.05, 0.1) is 18.4 Å². The Balaban J connectivity index is 1.55. The Morgan fingerprint density at radius 2 is 2.33 bits per heavy atom. The standard InChI is InChI=1S/C17H18N6O/c24-17(22-14-3-5-19-9-14)13-6-15-16(20-8-13)23(11-21-15)10-12-2-1-4-18-7-12/h1-2,4,6-8,11,14,19H,3,5,9-10H2,(H,22,24)/t14-/m0/s1. The van der Waals surface area contributed by atoms with Crippen LogP contribution in [0.4, 0.5) is 0 Å². The van der Waals surface area contributed by atoms with Gasteiger partial charge < -0.3 is 15.2 Å². The summed E-state index contributed by atoms with van der Waals surface area (Å²) < 4.78 is 1.95. The predicted molar refractivity (Wildman–Crippen MR) is 89.6 cm³/mol. The van der Waals surface area contributed by atoms with E-state index >= 15 is 0 Å². The van der Waals surface area contributed by atoms with E-state index in [2.05, 4.69) is 25.6 Å². The number of imidazole rings is 1. The SMILES string of the molecule is O=C(N[C@H]1CCNC1)c1cnc2c(c1)ncn2Cc1cccnc1. The van der Waals surface area contributed by atoms with Gasteiger partial charge in [-0.25, -0.2) is 9.97 Å². The molecule has 0 radical (unpaired) electrons. The van der Waals surface area contributed by atoms with Crippen molar-refractivity contribution in [3.05, 3.63) is 54.2 Å². The molecular weight excluding hydrogens is 304 g/mol. The summed E-state index contributed by atoms with van der Waals surface area (Å²) in [6.07, 6.45) is 7.89. The maximum atomic E-state index is 12.3. The zero-order valence-corrected chi connectivity index (χ0v) is 13.1. The molecule has 122 valence electrons. The number of nitrogens with zero attached hydrogens (tertiary/aromatic N) is 4. The van der Waals surface area contributed by atoms with E-state index in [0.29, 0.717) is 12.1 Å². The molecule has 0 unspecified atom stereocenters. The fraction of sp³-hybridized carbons (Fsp3) is 0.294. The van der Waals surface area contributed by atoms with Crippen LogP contribution in [-0.2, 0) is 6.54 Å². The van der Waals surface area contributed by atoms with Crippen molar-refractivity contribution in [2.75, 3.05) is 13.1 Å². The number of hydrogen-bond donors (Lipinski definition) is 2. The number of fused-ring (bicyclic) bond motifs is 1. The van der Waals surface area contributed by atoms with Gasteiger partial charge in [0.2, 0.25) is 0 Å². The largest absolute Gasteiger partial charge is 0.348 e. The van der Waals surface area contributed by atoms with Gasteiger partial charge in [-0.1, -0.05) is 6.07 Å². The number of nitrogens with one attached hydrogen (secondary N) is 2. The van der Waals surface area contributed by atoms with Crippen molar-refractivity contribution in [2.45, 2.75) is 19.0 Å². The molecule has 1 aliphatic rings. The van der Waals surface area contributed by atoms with E-state index < -0.39 is 0 Å². The Labute approximate surface area is 139 Å². The Hall–Kier alpha value is -2.80. The highest BCUT2D eigenvalue weighted by atomic mass is 16.1. The summed E-state index contributed by atoms with van der Waals surface area (Å²) in [5.74, 6) is -0.0973. The lowest BCUT2D eigenvalue weighted by Gasteiger charge is -2.11. The molecule has 7 nitrogen and oxygen atoms in total. The highest BCUT2D eigenvalue weighted by Crippen LogP contribution is 2.14. The topological polar surface area (TPSA) is 84.7 Å². The molecule has 3 aromatic heterocycles. The minimum Gasteiger partial charge on any atom is -0.348 e. The molecule has 2 N–H and O–H groups in total. The molecule has 1 atom stereocenters. The molecule has 4 rings (SSSR count). The molecular formula is C17H18N6O. The predicted octanol–water partition coefficient (Wildman–Crippen LogP) is 0.966. The minimum atomic E-state index is -0.0973. The van der Waals surface area contributed by atoms with Gasteiger partial charge in [-0.3, -0.25) is 9.78 Å². The van der Waals surface area contributed by atoms with Gasteiger partial charge in [0.1, 0.15) is 5.52 Å². The molecule has 1 amide bonds. The van der Waals surface area contributed by atoms with Crippen LogP contribution in [0.5, 0.6) is 0 Å². The first-order chi connectivity index (χ1) is 11.8. The van der Waals surface area contributed by atoms with Gasteiger partial charge in [-0.15, -0.1) is 0 Å². The molecule has 0 bridgehead atoms. The second-order valence-corrected chi connectivity index (χ2v) is 5.96. The average molecular weight is 322 g/mol. The summed E-state index contributed by atoms with van der Waals surface area (Å²) >= 11 is 0. The molecule has 1 aliphatic heterocycles. The Morgan fingerprint density at radius 3 is 3.12 bits per heavy atom. The number of carbonyl (C=O) groups is 1. The van der Waals surface area contributed by atoms with Crippen LogP contribution in [0, 0.1) is 0 Å². The zero-order valence-electron chi connectivity index (χ0n) is 13.1. The molecule has 3 aromatic rings. The molecule has 1 fully saturated rings. The number of hydrogen-bond acceptors (Lipinski definition) is 5. The van der Waals surface area contributed by atoms with Crippen molar-refractivity contribution < 1.29 is 4.79 Å². The van der Waals surface area contributed by atoms with Crippen LogP contribution in [0.15, 0.2) is 43.1 Å². The first-order valence-corrected chi connectivity index (χ1v) is 8.01. The van der Waals surface area contributed by atoms with Gasteiger partial charge in [0.15, 0.2) is 5.65 Å². The van der Waals surface area contributed by atoms with E-state index in [1.165, 1.54) is 0 Å². The second kappa shape index (κ2) is 6.37. The maximum absolute atomic E-state index is 12.3. The van der Waals surface area contributed by atoms with E-state index in [0.717, 1.165) is 36.2 Å². The molecule has 0 saturated carbocycles.